The molecule has 2 atom stereocenters. The van der Waals surface area contributed by atoms with Crippen LogP contribution >= 0.6 is 0 Å². The molecule has 1 amide bonds. The molecule has 2 aliphatic rings. The lowest BCUT2D eigenvalue weighted by atomic mass is 10.1. The largest absolute Gasteiger partial charge is 0.343 e. The van der Waals surface area contributed by atoms with Crippen LogP contribution in [0.15, 0.2) is 24.3 Å². The van der Waals surface area contributed by atoms with Crippen LogP contribution in [-0.2, 0) is 4.79 Å². The van der Waals surface area contributed by atoms with Crippen molar-refractivity contribution in [1.29, 1.82) is 0 Å². The number of carbonyl (C=O) groups is 1. The van der Waals surface area contributed by atoms with Crippen LogP contribution in [0.5, 0.6) is 0 Å². The number of carbonyl (C=O) groups excluding carboxylic acids is 1. The minimum absolute atomic E-state index is 0.112. The van der Waals surface area contributed by atoms with Crippen molar-refractivity contribution in [2.24, 2.45) is 5.73 Å². The average molecular weight is 245 g/mol. The van der Waals surface area contributed by atoms with E-state index in [1.165, 1.54) is 11.1 Å². The molecule has 4 heteroatoms. The number of hydrogen-bond donors (Lipinski definition) is 1. The number of likely N-dealkylation sites (N-methyl/N-ethyl adjacent to an activating group) is 1. The predicted octanol–water partition coefficient (Wildman–Crippen LogP) is 0.905. The second-order valence-electron chi connectivity index (χ2n) is 5.27. The molecule has 1 aromatic rings. The van der Waals surface area contributed by atoms with Gasteiger partial charge in [-0.25, -0.2) is 0 Å². The van der Waals surface area contributed by atoms with Gasteiger partial charge in [0.25, 0.3) is 0 Å². The fourth-order valence-electron chi connectivity index (χ4n) is 3.03. The van der Waals surface area contributed by atoms with Crippen molar-refractivity contribution >= 4 is 5.91 Å². The van der Waals surface area contributed by atoms with Crippen LogP contribution in [0.2, 0.25) is 0 Å². The van der Waals surface area contributed by atoms with Gasteiger partial charge in [0.1, 0.15) is 0 Å². The zero-order valence-corrected chi connectivity index (χ0v) is 10.7. The van der Waals surface area contributed by atoms with Crippen LogP contribution in [0.4, 0.5) is 0 Å². The van der Waals surface area contributed by atoms with Crippen LogP contribution < -0.4 is 5.73 Å². The molecule has 96 valence electrons. The first kappa shape index (κ1) is 11.7. The SMILES string of the molecule is CN1CCN(C2CC(N)c3ccccc32)CC1=O. The molecule has 1 aliphatic heterocycles. The maximum atomic E-state index is 11.8. The molecule has 2 N–H and O–H groups in total. The van der Waals surface area contributed by atoms with Crippen LogP contribution in [0.25, 0.3) is 0 Å². The summed E-state index contributed by atoms with van der Waals surface area (Å²) in [6.07, 6.45) is 0.927. The molecule has 0 spiro atoms. The highest BCUT2D eigenvalue weighted by atomic mass is 16.2. The van der Waals surface area contributed by atoms with Crippen molar-refractivity contribution in [2.45, 2.75) is 18.5 Å². The Hall–Kier alpha value is -1.39. The zero-order valence-electron chi connectivity index (χ0n) is 10.7. The topological polar surface area (TPSA) is 49.6 Å². The van der Waals surface area contributed by atoms with Crippen LogP contribution in [0.1, 0.15) is 29.6 Å². The number of benzene rings is 1. The fourth-order valence-corrected chi connectivity index (χ4v) is 3.03. The molecule has 0 saturated carbocycles. The van der Waals surface area contributed by atoms with Gasteiger partial charge in [0.05, 0.1) is 6.54 Å². The highest BCUT2D eigenvalue weighted by Crippen LogP contribution is 2.40. The third-order valence-electron chi connectivity index (χ3n) is 4.16. The monoisotopic (exact) mass is 245 g/mol. The molecule has 2 unspecified atom stereocenters. The van der Waals surface area contributed by atoms with Gasteiger partial charge in [-0.3, -0.25) is 9.69 Å². The lowest BCUT2D eigenvalue weighted by molar-refractivity contribution is -0.135. The molecule has 0 bridgehead atoms. The lowest BCUT2D eigenvalue weighted by Crippen LogP contribution is -2.49. The molecule has 1 aliphatic carbocycles. The van der Waals surface area contributed by atoms with Gasteiger partial charge in [-0.15, -0.1) is 0 Å². The zero-order chi connectivity index (χ0) is 12.7. The smallest absolute Gasteiger partial charge is 0.236 e. The van der Waals surface area contributed by atoms with Crippen LogP contribution in [0, 0.1) is 0 Å². The standard InChI is InChI=1S/C14H19N3O/c1-16-6-7-17(9-14(16)18)13-8-12(15)10-4-2-3-5-11(10)13/h2-5,12-13H,6-9,15H2,1H3. The van der Waals surface area contributed by atoms with Gasteiger partial charge in [0, 0.05) is 32.2 Å². The second kappa shape index (κ2) is 4.37. The first-order valence-electron chi connectivity index (χ1n) is 6.49. The first-order chi connectivity index (χ1) is 8.66. The van der Waals surface area contributed by atoms with Gasteiger partial charge >= 0.3 is 0 Å². The first-order valence-corrected chi connectivity index (χ1v) is 6.49. The molecule has 1 saturated heterocycles. The number of fused-ring (bicyclic) bond motifs is 1. The van der Waals surface area contributed by atoms with E-state index in [2.05, 4.69) is 23.1 Å². The Morgan fingerprint density at radius 3 is 2.67 bits per heavy atom. The fraction of sp³-hybridized carbons (Fsp3) is 0.500. The Morgan fingerprint density at radius 1 is 1.22 bits per heavy atom. The summed E-state index contributed by atoms with van der Waals surface area (Å²) in [7, 11) is 1.87. The molecule has 4 nitrogen and oxygen atoms in total. The lowest BCUT2D eigenvalue weighted by Gasteiger charge is -2.36. The van der Waals surface area contributed by atoms with Gasteiger partial charge < -0.3 is 10.6 Å². The van der Waals surface area contributed by atoms with E-state index in [-0.39, 0.29) is 11.9 Å². The molecule has 1 aromatic carbocycles. The van der Waals surface area contributed by atoms with Crippen molar-refractivity contribution in [2.75, 3.05) is 26.7 Å². The molecule has 3 rings (SSSR count). The highest BCUT2D eigenvalue weighted by molar-refractivity contribution is 5.78. The van der Waals surface area contributed by atoms with Crippen molar-refractivity contribution in [3.05, 3.63) is 35.4 Å². The Morgan fingerprint density at radius 2 is 1.94 bits per heavy atom. The maximum absolute atomic E-state index is 11.8. The van der Waals surface area contributed by atoms with E-state index in [0.717, 1.165) is 19.5 Å². The average Bonchev–Trinajstić information content (AvgIpc) is 2.71. The quantitative estimate of drug-likeness (QED) is 0.800. The Bertz CT molecular complexity index is 474. The molecule has 18 heavy (non-hydrogen) atoms. The minimum Gasteiger partial charge on any atom is -0.343 e. The van der Waals surface area contributed by atoms with E-state index in [0.29, 0.717) is 12.6 Å². The summed E-state index contributed by atoms with van der Waals surface area (Å²) in [5.74, 6) is 0.208. The summed E-state index contributed by atoms with van der Waals surface area (Å²) in [6, 6.07) is 8.78. The van der Waals surface area contributed by atoms with Crippen molar-refractivity contribution in [1.82, 2.24) is 9.80 Å². The van der Waals surface area contributed by atoms with Gasteiger partial charge in [0.15, 0.2) is 0 Å². The van der Waals surface area contributed by atoms with Crippen molar-refractivity contribution in [3.8, 4) is 0 Å². The summed E-state index contributed by atoms with van der Waals surface area (Å²) in [6.45, 7) is 2.27. The third kappa shape index (κ3) is 1.82. The predicted molar refractivity (Wildman–Crippen MR) is 69.9 cm³/mol. The van der Waals surface area contributed by atoms with E-state index in [1.54, 1.807) is 4.90 Å². The van der Waals surface area contributed by atoms with E-state index < -0.39 is 0 Å². The minimum atomic E-state index is 0.112. The molecule has 0 aromatic heterocycles. The third-order valence-corrected chi connectivity index (χ3v) is 4.16. The molecular formula is C14H19N3O. The van der Waals surface area contributed by atoms with Gasteiger partial charge in [-0.1, -0.05) is 24.3 Å². The summed E-state index contributed by atoms with van der Waals surface area (Å²) in [5.41, 5.74) is 8.74. The van der Waals surface area contributed by atoms with Crippen molar-refractivity contribution in [3.63, 3.8) is 0 Å². The Labute approximate surface area is 107 Å². The van der Waals surface area contributed by atoms with Crippen LogP contribution in [0.3, 0.4) is 0 Å². The van der Waals surface area contributed by atoms with E-state index in [4.69, 9.17) is 5.73 Å². The van der Waals surface area contributed by atoms with Crippen molar-refractivity contribution < 1.29 is 4.79 Å². The van der Waals surface area contributed by atoms with E-state index >= 15 is 0 Å². The summed E-state index contributed by atoms with van der Waals surface area (Å²) < 4.78 is 0. The molecule has 1 fully saturated rings. The van der Waals surface area contributed by atoms with E-state index in [1.807, 2.05) is 13.1 Å². The van der Waals surface area contributed by atoms with Gasteiger partial charge in [0.2, 0.25) is 5.91 Å². The number of piperazine rings is 1. The van der Waals surface area contributed by atoms with E-state index in [9.17, 15) is 4.79 Å². The highest BCUT2D eigenvalue weighted by Gasteiger charge is 2.35. The number of nitrogens with zero attached hydrogens (tertiary/aromatic N) is 2. The van der Waals surface area contributed by atoms with Gasteiger partial charge in [-0.2, -0.15) is 0 Å². The molecular weight excluding hydrogens is 226 g/mol. The second-order valence-corrected chi connectivity index (χ2v) is 5.27. The summed E-state index contributed by atoms with van der Waals surface area (Å²) in [5, 5.41) is 0. The number of amides is 1. The molecule has 1 heterocycles. The molecule has 0 radical (unpaired) electrons. The van der Waals surface area contributed by atoms with Crippen LogP contribution in [-0.4, -0.2) is 42.4 Å². The Balaban J connectivity index is 1.85. The van der Waals surface area contributed by atoms with Gasteiger partial charge in [-0.05, 0) is 17.5 Å². The Kier molecular flexibility index (Phi) is 2.84. The summed E-state index contributed by atoms with van der Waals surface area (Å²) >= 11 is 0. The number of rotatable bonds is 1. The summed E-state index contributed by atoms with van der Waals surface area (Å²) in [4.78, 5) is 15.9. The maximum Gasteiger partial charge on any atom is 0.236 e. The normalized spacial score (nSPS) is 28.6. The number of nitrogens with two attached hydrogens (primary N) is 1. The number of hydrogen-bond acceptors (Lipinski definition) is 3.